The van der Waals surface area contributed by atoms with Gasteiger partial charge in [-0.3, -0.25) is 9.59 Å². The van der Waals surface area contributed by atoms with Gasteiger partial charge in [-0.2, -0.15) is 0 Å². The topological polar surface area (TPSA) is 43.4 Å². The fourth-order valence-electron chi connectivity index (χ4n) is 0. The Morgan fingerprint density at radius 2 is 1.36 bits per heavy atom. The van der Waals surface area contributed by atoms with Gasteiger partial charge in [0.1, 0.15) is 0 Å². The zero-order valence-electron chi connectivity index (χ0n) is 7.66. The molecule has 0 aliphatic heterocycles. The number of esters is 1. The van der Waals surface area contributed by atoms with E-state index in [9.17, 15) is 9.59 Å². The monoisotopic (exact) mass is 206 g/mol. The Morgan fingerprint density at radius 3 is 1.36 bits per heavy atom. The van der Waals surface area contributed by atoms with Crippen molar-refractivity contribution < 1.29 is 20.0 Å². The molecule has 0 saturated heterocycles. The van der Waals surface area contributed by atoms with Gasteiger partial charge in [-0.05, 0) is 13.0 Å². The third kappa shape index (κ3) is 122. The highest BCUT2D eigenvalue weighted by Gasteiger charge is 1.75. The number of rotatable bonds is 1. The van der Waals surface area contributed by atoms with Crippen LogP contribution < -0.4 is 0 Å². The van der Waals surface area contributed by atoms with Gasteiger partial charge in [0.2, 0.25) is 0 Å². The lowest BCUT2D eigenvalue weighted by molar-refractivity contribution is -0.137. The first-order chi connectivity index (χ1) is 4.54. The molecule has 0 aromatic heterocycles. The molecule has 0 aromatic carbocycles. The van der Waals surface area contributed by atoms with Crippen molar-refractivity contribution in [1.29, 1.82) is 0 Å². The van der Waals surface area contributed by atoms with Crippen molar-refractivity contribution in [2.45, 2.75) is 28.7 Å². The molecule has 0 aliphatic rings. The summed E-state index contributed by atoms with van der Waals surface area (Å²) in [5.41, 5.74) is 0. The molecule has 0 spiro atoms. The van der Waals surface area contributed by atoms with Crippen molar-refractivity contribution in [3.05, 3.63) is 12.7 Å². The first-order valence-corrected chi connectivity index (χ1v) is 2.72. The molecule has 0 heterocycles. The minimum Gasteiger partial charge on any atom is -0.469 e. The number of hydrogen-bond acceptors (Lipinski definition) is 3. The lowest BCUT2D eigenvalue weighted by Crippen LogP contribution is -1.88. The molecule has 14 heavy (non-hydrogen) atoms. The van der Waals surface area contributed by atoms with E-state index in [-0.39, 0.29) is 49.1 Å². The molecule has 0 aliphatic carbocycles. The number of carbonyl (C=O) groups is 2. The van der Waals surface area contributed by atoms with Crippen LogP contribution in [0.5, 0.6) is 0 Å². The summed E-state index contributed by atoms with van der Waals surface area (Å²) in [6.07, 6.45) is 1.28. The molecular weight excluding hydrogens is 178 g/mol. The van der Waals surface area contributed by atoms with E-state index in [2.05, 4.69) is 11.3 Å². The molecule has 5 heteroatoms. The molecule has 6 radical (unpaired) electrons. The van der Waals surface area contributed by atoms with Gasteiger partial charge in [-0.1, -0.05) is 21.4 Å². The van der Waals surface area contributed by atoms with Crippen LogP contribution >= 0.6 is 0 Å². The van der Waals surface area contributed by atoms with Crippen LogP contribution in [0.3, 0.4) is 0 Å². The number of hydrogen-bond donors (Lipinski definition) is 0. The van der Waals surface area contributed by atoms with Gasteiger partial charge >= 0.3 is 5.97 Å². The van der Waals surface area contributed by atoms with Crippen LogP contribution in [0.25, 0.3) is 0 Å². The minimum absolute atomic E-state index is 0. The zero-order valence-corrected chi connectivity index (χ0v) is 7.66. The standard InChI is InChI=1S/C4H6O.C3H6O2.2CH4.2B.4H2/c1-3-4(2)5;1-3(4)5-2;;;;;;;;/h3H,1H2,2H3;1-2H3;2*1H4;;;4*1H. The Morgan fingerprint density at radius 1 is 1.21 bits per heavy atom. The molecule has 0 rings (SSSR count). The molecule has 88 valence electrons. The van der Waals surface area contributed by atoms with Gasteiger partial charge in [0.15, 0.2) is 5.78 Å². The smallest absolute Gasteiger partial charge is 0.302 e. The highest BCUT2D eigenvalue weighted by Crippen LogP contribution is 1.61. The fraction of sp³-hybridized carbons (Fsp3) is 0.556. The van der Waals surface area contributed by atoms with Crippen LogP contribution in [0, 0.1) is 0 Å². The van der Waals surface area contributed by atoms with Crippen molar-refractivity contribution in [2.75, 3.05) is 7.11 Å². The molecule has 0 aromatic rings. The van der Waals surface area contributed by atoms with Gasteiger partial charge in [-0.25, -0.2) is 0 Å². The molecule has 0 fully saturated rings. The summed E-state index contributed by atoms with van der Waals surface area (Å²) >= 11 is 0. The number of allylic oxidation sites excluding steroid dienone is 1. The van der Waals surface area contributed by atoms with E-state index >= 15 is 0 Å². The molecular formula is C9H28B2O3. The van der Waals surface area contributed by atoms with Crippen molar-refractivity contribution in [3.8, 4) is 0 Å². The summed E-state index contributed by atoms with van der Waals surface area (Å²) in [6, 6.07) is 0. The quantitative estimate of drug-likeness (QED) is 0.375. The fourth-order valence-corrected chi connectivity index (χ4v) is 0. The summed E-state index contributed by atoms with van der Waals surface area (Å²) in [6.45, 7) is 6.04. The number of methoxy groups -OCH3 is 1. The van der Waals surface area contributed by atoms with E-state index in [0.29, 0.717) is 0 Å². The SMILES string of the molecule is C.C.C=CC(C)=O.COC(C)=O.[B].[B].[HH].[HH].[HH].[HH]. The minimum atomic E-state index is -0.245. The number of ketones is 1. The Bertz CT molecular complexity index is 150. The highest BCUT2D eigenvalue weighted by atomic mass is 16.5. The van der Waals surface area contributed by atoms with E-state index < -0.39 is 0 Å². The molecule has 0 saturated carbocycles. The molecule has 0 atom stereocenters. The number of carbonyl (C=O) groups excluding carboxylic acids is 2. The summed E-state index contributed by atoms with van der Waals surface area (Å²) in [5.74, 6) is -0.227. The molecule has 0 bridgehead atoms. The van der Waals surface area contributed by atoms with E-state index in [1.165, 1.54) is 27.0 Å². The Labute approximate surface area is 98.0 Å². The first kappa shape index (κ1) is 38.2. The van der Waals surface area contributed by atoms with E-state index in [1.807, 2.05) is 0 Å². The summed E-state index contributed by atoms with van der Waals surface area (Å²) in [5, 5.41) is 0. The predicted molar refractivity (Wildman–Crippen MR) is 72.0 cm³/mol. The van der Waals surface area contributed by atoms with E-state index in [0.717, 1.165) is 0 Å². The second-order valence-corrected chi connectivity index (χ2v) is 1.51. The largest absolute Gasteiger partial charge is 0.469 e. The van der Waals surface area contributed by atoms with Crippen LogP contribution in [0.4, 0.5) is 0 Å². The third-order valence-electron chi connectivity index (χ3n) is 0.575. The Kier molecular flexibility index (Phi) is 80.8. The highest BCUT2D eigenvalue weighted by molar-refractivity contribution is 5.86. The second-order valence-electron chi connectivity index (χ2n) is 1.51. The summed E-state index contributed by atoms with van der Waals surface area (Å²) in [4.78, 5) is 19.3. The van der Waals surface area contributed by atoms with Gasteiger partial charge in [-0.15, -0.1) is 0 Å². The van der Waals surface area contributed by atoms with E-state index in [1.54, 1.807) is 0 Å². The Hall–Kier alpha value is -0.990. The van der Waals surface area contributed by atoms with Crippen LogP contribution in [0.15, 0.2) is 12.7 Å². The van der Waals surface area contributed by atoms with E-state index in [4.69, 9.17) is 0 Å². The van der Waals surface area contributed by atoms with Crippen LogP contribution in [0.1, 0.15) is 34.4 Å². The first-order valence-electron chi connectivity index (χ1n) is 2.72. The predicted octanol–water partition coefficient (Wildman–Crippen LogP) is 2.44. The number of ether oxygens (including phenoxy) is 1. The van der Waals surface area contributed by atoms with Crippen LogP contribution in [-0.2, 0) is 14.3 Å². The average Bonchev–Trinajstić information content (AvgIpc) is 1.89. The maximum absolute atomic E-state index is 9.69. The lowest BCUT2D eigenvalue weighted by Gasteiger charge is -1.80. The van der Waals surface area contributed by atoms with Gasteiger partial charge < -0.3 is 4.74 Å². The third-order valence-corrected chi connectivity index (χ3v) is 0.575. The zero-order chi connectivity index (χ0) is 8.57. The summed E-state index contributed by atoms with van der Waals surface area (Å²) in [7, 11) is 1.35. The summed E-state index contributed by atoms with van der Waals surface area (Å²) < 4.78 is 4.11. The molecule has 0 unspecified atom stereocenters. The average molecular weight is 206 g/mol. The molecule has 3 nitrogen and oxygen atoms in total. The Balaban J connectivity index is -0.00000000615. The van der Waals surface area contributed by atoms with Crippen LogP contribution in [-0.4, -0.2) is 35.7 Å². The molecule has 0 amide bonds. The van der Waals surface area contributed by atoms with Crippen molar-refractivity contribution in [2.24, 2.45) is 0 Å². The van der Waals surface area contributed by atoms with Gasteiger partial charge in [0, 0.05) is 29.5 Å². The maximum atomic E-state index is 9.69. The van der Waals surface area contributed by atoms with Crippen molar-refractivity contribution in [3.63, 3.8) is 0 Å². The van der Waals surface area contributed by atoms with Crippen LogP contribution in [0.2, 0.25) is 0 Å². The second kappa shape index (κ2) is 29.6. The van der Waals surface area contributed by atoms with Gasteiger partial charge in [0.25, 0.3) is 0 Å². The maximum Gasteiger partial charge on any atom is 0.302 e. The lowest BCUT2D eigenvalue weighted by atomic mass is 10.5. The van der Waals surface area contributed by atoms with Gasteiger partial charge in [0.05, 0.1) is 7.11 Å². The van der Waals surface area contributed by atoms with Crippen molar-refractivity contribution in [1.82, 2.24) is 0 Å². The van der Waals surface area contributed by atoms with Crippen molar-refractivity contribution >= 4 is 28.6 Å². The molecule has 0 N–H and O–H groups in total. The normalized spacial score (nSPS) is 4.79.